The van der Waals surface area contributed by atoms with Gasteiger partial charge in [0.15, 0.2) is 5.78 Å². The number of amides is 2. The lowest BCUT2D eigenvalue weighted by atomic mass is 9.95. The van der Waals surface area contributed by atoms with E-state index < -0.39 is 6.04 Å². The lowest BCUT2D eigenvalue weighted by molar-refractivity contribution is -0.131. The van der Waals surface area contributed by atoms with E-state index in [1.165, 1.54) is 5.01 Å². The third kappa shape index (κ3) is 7.39. The fourth-order valence-electron chi connectivity index (χ4n) is 4.63. The van der Waals surface area contributed by atoms with Gasteiger partial charge in [-0.05, 0) is 73.9 Å². The van der Waals surface area contributed by atoms with Gasteiger partial charge in [-0.2, -0.15) is 0 Å². The van der Waals surface area contributed by atoms with Gasteiger partial charge in [0.2, 0.25) is 0 Å². The number of hydrogen-bond donors (Lipinski definition) is 2. The third-order valence-corrected chi connectivity index (χ3v) is 6.83. The molecule has 0 saturated carbocycles. The van der Waals surface area contributed by atoms with Crippen LogP contribution in [0.5, 0.6) is 5.75 Å². The molecule has 0 bridgehead atoms. The molecular formula is C34H35N3O4. The van der Waals surface area contributed by atoms with Crippen molar-refractivity contribution in [1.82, 2.24) is 10.3 Å². The molecule has 1 atom stereocenters. The smallest absolute Gasteiger partial charge is 0.263 e. The lowest BCUT2D eigenvalue weighted by Crippen LogP contribution is -2.51. The number of nitrogens with one attached hydrogen (secondary N) is 2. The minimum atomic E-state index is -0.830. The number of rotatable bonds is 11. The molecule has 0 heterocycles. The molecule has 4 rings (SSSR count). The Morgan fingerprint density at radius 1 is 0.878 bits per heavy atom. The largest absolute Gasteiger partial charge is 0.497 e. The molecule has 1 unspecified atom stereocenters. The fraction of sp³-hybridized carbons (Fsp3) is 0.206. The second kappa shape index (κ2) is 13.4. The molecule has 0 saturated heterocycles. The third-order valence-electron chi connectivity index (χ3n) is 6.83. The highest BCUT2D eigenvalue weighted by Crippen LogP contribution is 2.25. The molecule has 210 valence electrons. The highest BCUT2D eigenvalue weighted by molar-refractivity contribution is 6.01. The predicted octanol–water partition coefficient (Wildman–Crippen LogP) is 6.09. The number of carbonyl (C=O) groups excluding carboxylic acids is 3. The van der Waals surface area contributed by atoms with E-state index in [4.69, 9.17) is 4.74 Å². The second-order valence-electron chi connectivity index (χ2n) is 9.82. The zero-order valence-electron chi connectivity index (χ0n) is 23.8. The Morgan fingerprint density at radius 2 is 1.59 bits per heavy atom. The number of likely N-dealkylation sites (N-methyl/N-ethyl adjacent to an activating group) is 1. The molecule has 2 amide bonds. The van der Waals surface area contributed by atoms with Crippen molar-refractivity contribution in [2.45, 2.75) is 33.2 Å². The van der Waals surface area contributed by atoms with Gasteiger partial charge in [-0.25, -0.2) is 0 Å². The highest BCUT2D eigenvalue weighted by atomic mass is 16.5. The van der Waals surface area contributed by atoms with Crippen LogP contribution in [0.1, 0.15) is 45.7 Å². The Kier molecular flexibility index (Phi) is 9.53. The Labute approximate surface area is 241 Å². The van der Waals surface area contributed by atoms with E-state index in [2.05, 4.69) is 10.7 Å². The van der Waals surface area contributed by atoms with E-state index in [9.17, 15) is 14.4 Å². The van der Waals surface area contributed by atoms with E-state index in [-0.39, 0.29) is 24.0 Å². The summed E-state index contributed by atoms with van der Waals surface area (Å²) in [5, 5.41) is 4.46. The maximum atomic E-state index is 13.8. The molecule has 0 spiro atoms. The predicted molar refractivity (Wildman–Crippen MR) is 162 cm³/mol. The van der Waals surface area contributed by atoms with Crippen molar-refractivity contribution in [1.29, 1.82) is 0 Å². The van der Waals surface area contributed by atoms with E-state index in [1.54, 1.807) is 26.2 Å². The zero-order valence-corrected chi connectivity index (χ0v) is 23.8. The number of ketones is 1. The second-order valence-corrected chi connectivity index (χ2v) is 9.82. The Balaban J connectivity index is 1.59. The van der Waals surface area contributed by atoms with Gasteiger partial charge < -0.3 is 10.1 Å². The molecule has 0 aliphatic rings. The minimum absolute atomic E-state index is 0.00165. The molecule has 7 heteroatoms. The van der Waals surface area contributed by atoms with Gasteiger partial charge in [-0.15, -0.1) is 0 Å². The van der Waals surface area contributed by atoms with Gasteiger partial charge in [-0.3, -0.25) is 24.8 Å². The van der Waals surface area contributed by atoms with E-state index in [0.717, 1.165) is 27.9 Å². The first kappa shape index (κ1) is 29.1. The summed E-state index contributed by atoms with van der Waals surface area (Å²) in [5.74, 6) is 0.121. The standard InChI is InChI=1S/C34H35N3O4/c1-5-37(36-28-17-19-29(41-4)20-18-28)34(40)32(35-33(39)27-10-8-9-23(2)21-27)22-25-13-15-26(16-14-25)31-12-7-6-11-30(31)24(3)38/h6-21,32,36H,5,22H2,1-4H3,(H,35,39). The summed E-state index contributed by atoms with van der Waals surface area (Å²) in [6.07, 6.45) is 0.284. The summed E-state index contributed by atoms with van der Waals surface area (Å²) in [4.78, 5) is 39.2. The topological polar surface area (TPSA) is 87.7 Å². The molecule has 0 fully saturated rings. The lowest BCUT2D eigenvalue weighted by Gasteiger charge is -2.28. The van der Waals surface area contributed by atoms with Crippen molar-refractivity contribution >= 4 is 23.3 Å². The van der Waals surface area contributed by atoms with Crippen LogP contribution in [-0.4, -0.2) is 42.3 Å². The Morgan fingerprint density at radius 3 is 2.22 bits per heavy atom. The summed E-state index contributed by atoms with van der Waals surface area (Å²) >= 11 is 0. The molecule has 41 heavy (non-hydrogen) atoms. The van der Waals surface area contributed by atoms with Crippen LogP contribution in [0.2, 0.25) is 0 Å². The number of aryl methyl sites for hydroxylation is 1. The summed E-state index contributed by atoms with van der Waals surface area (Å²) in [6.45, 7) is 5.72. The van der Waals surface area contributed by atoms with E-state index in [0.29, 0.717) is 23.4 Å². The molecular weight excluding hydrogens is 514 g/mol. The highest BCUT2D eigenvalue weighted by Gasteiger charge is 2.27. The number of carbonyl (C=O) groups is 3. The number of Topliss-reactive ketones (excluding diaryl/α,β-unsaturated/α-hetero) is 1. The van der Waals surface area contributed by atoms with Crippen LogP contribution in [0.4, 0.5) is 5.69 Å². The van der Waals surface area contributed by atoms with Crippen molar-refractivity contribution in [3.63, 3.8) is 0 Å². The van der Waals surface area contributed by atoms with Crippen molar-refractivity contribution < 1.29 is 19.1 Å². The summed E-state index contributed by atoms with van der Waals surface area (Å²) < 4.78 is 5.23. The van der Waals surface area contributed by atoms with Gasteiger partial charge in [0.1, 0.15) is 11.8 Å². The molecule has 2 N–H and O–H groups in total. The van der Waals surface area contributed by atoms with Gasteiger partial charge in [0, 0.05) is 24.1 Å². The van der Waals surface area contributed by atoms with E-state index >= 15 is 0 Å². The van der Waals surface area contributed by atoms with Crippen LogP contribution in [0.15, 0.2) is 97.1 Å². The first-order valence-electron chi connectivity index (χ1n) is 13.6. The molecule has 0 aliphatic carbocycles. The summed E-state index contributed by atoms with van der Waals surface area (Å²) in [6, 6.07) is 28.9. The molecule has 4 aromatic carbocycles. The van der Waals surface area contributed by atoms with Gasteiger partial charge in [0.05, 0.1) is 12.8 Å². The molecule has 7 nitrogen and oxygen atoms in total. The first-order chi connectivity index (χ1) is 19.8. The van der Waals surface area contributed by atoms with Crippen LogP contribution in [0.25, 0.3) is 11.1 Å². The minimum Gasteiger partial charge on any atom is -0.497 e. The van der Waals surface area contributed by atoms with Crippen LogP contribution in [0.3, 0.4) is 0 Å². The quantitative estimate of drug-likeness (QED) is 0.175. The van der Waals surface area contributed by atoms with Gasteiger partial charge in [0.25, 0.3) is 11.8 Å². The van der Waals surface area contributed by atoms with Gasteiger partial charge in [-0.1, -0.05) is 66.2 Å². The van der Waals surface area contributed by atoms with Crippen molar-refractivity contribution in [2.24, 2.45) is 0 Å². The number of hydrazine groups is 1. The van der Waals surface area contributed by atoms with Crippen LogP contribution < -0.4 is 15.5 Å². The Hall–Kier alpha value is -4.91. The van der Waals surface area contributed by atoms with Gasteiger partial charge >= 0.3 is 0 Å². The van der Waals surface area contributed by atoms with Crippen molar-refractivity contribution in [2.75, 3.05) is 19.1 Å². The number of methoxy groups -OCH3 is 1. The fourth-order valence-corrected chi connectivity index (χ4v) is 4.63. The van der Waals surface area contributed by atoms with Crippen LogP contribution in [0, 0.1) is 6.92 Å². The number of anilines is 1. The number of benzene rings is 4. The van der Waals surface area contributed by atoms with Crippen LogP contribution >= 0.6 is 0 Å². The average Bonchev–Trinajstić information content (AvgIpc) is 2.99. The maximum Gasteiger partial charge on any atom is 0.263 e. The number of hydrogen-bond acceptors (Lipinski definition) is 5. The zero-order chi connectivity index (χ0) is 29.4. The molecule has 0 aromatic heterocycles. The van der Waals surface area contributed by atoms with Crippen molar-refractivity contribution in [3.05, 3.63) is 119 Å². The molecule has 0 radical (unpaired) electrons. The monoisotopic (exact) mass is 549 g/mol. The van der Waals surface area contributed by atoms with E-state index in [1.807, 2.05) is 98.8 Å². The maximum absolute atomic E-state index is 13.8. The average molecular weight is 550 g/mol. The molecule has 4 aromatic rings. The van der Waals surface area contributed by atoms with Crippen LogP contribution in [-0.2, 0) is 11.2 Å². The summed E-state index contributed by atoms with van der Waals surface area (Å²) in [5.41, 5.74) is 8.62. The summed E-state index contributed by atoms with van der Waals surface area (Å²) in [7, 11) is 1.60. The number of nitrogens with zero attached hydrogens (tertiary/aromatic N) is 1. The first-order valence-corrected chi connectivity index (χ1v) is 13.6. The SMILES string of the molecule is CCN(Nc1ccc(OC)cc1)C(=O)C(Cc1ccc(-c2ccccc2C(C)=O)cc1)NC(=O)c1cccc(C)c1. The molecule has 0 aliphatic heterocycles. The van der Waals surface area contributed by atoms with Crippen molar-refractivity contribution in [3.8, 4) is 16.9 Å². The Bertz CT molecular complexity index is 1510. The number of ether oxygens (including phenoxy) is 1. The normalized spacial score (nSPS) is 11.3.